The van der Waals surface area contributed by atoms with E-state index in [0.717, 1.165) is 18.0 Å². The number of thioether (sulfide) groups is 1. The molecular formula is C17H34N2S. The van der Waals surface area contributed by atoms with Crippen LogP contribution in [0.4, 0.5) is 0 Å². The maximum absolute atomic E-state index is 3.88. The third-order valence-electron chi connectivity index (χ3n) is 5.39. The van der Waals surface area contributed by atoms with Gasteiger partial charge in [0.15, 0.2) is 0 Å². The first-order valence-electron chi connectivity index (χ1n) is 8.58. The predicted molar refractivity (Wildman–Crippen MR) is 91.6 cm³/mol. The Bertz CT molecular complexity index is 287. The van der Waals surface area contributed by atoms with E-state index in [1.165, 1.54) is 58.2 Å². The number of nitrogens with one attached hydrogen (secondary N) is 1. The van der Waals surface area contributed by atoms with Crippen LogP contribution in [0.2, 0.25) is 0 Å². The van der Waals surface area contributed by atoms with E-state index in [1.807, 2.05) is 11.8 Å². The molecule has 0 aromatic rings. The lowest BCUT2D eigenvalue weighted by Crippen LogP contribution is -2.60. The van der Waals surface area contributed by atoms with Crippen LogP contribution < -0.4 is 5.32 Å². The number of nitrogens with zero attached hydrogens (tertiary/aromatic N) is 1. The van der Waals surface area contributed by atoms with Crippen LogP contribution in [0.1, 0.15) is 59.3 Å². The predicted octanol–water partition coefficient (Wildman–Crippen LogP) is 3.76. The number of hydrogen-bond acceptors (Lipinski definition) is 3. The van der Waals surface area contributed by atoms with Gasteiger partial charge in [0.1, 0.15) is 0 Å². The summed E-state index contributed by atoms with van der Waals surface area (Å²) in [6, 6.07) is 1.48. The van der Waals surface area contributed by atoms with Crippen LogP contribution in [0.25, 0.3) is 0 Å². The molecule has 0 amide bonds. The molecule has 2 unspecified atom stereocenters. The molecule has 2 nitrogen and oxygen atoms in total. The zero-order valence-corrected chi connectivity index (χ0v) is 14.8. The van der Waals surface area contributed by atoms with E-state index in [0.29, 0.717) is 4.75 Å². The van der Waals surface area contributed by atoms with E-state index < -0.39 is 0 Å². The van der Waals surface area contributed by atoms with Gasteiger partial charge in [-0.15, -0.1) is 0 Å². The van der Waals surface area contributed by atoms with Crippen LogP contribution >= 0.6 is 11.8 Å². The fourth-order valence-corrected chi connectivity index (χ4v) is 4.18. The van der Waals surface area contributed by atoms with E-state index >= 15 is 0 Å². The summed E-state index contributed by atoms with van der Waals surface area (Å²) in [5, 5.41) is 3.88. The molecule has 1 saturated heterocycles. The Balaban J connectivity index is 1.95. The summed E-state index contributed by atoms with van der Waals surface area (Å²) < 4.78 is 0.377. The summed E-state index contributed by atoms with van der Waals surface area (Å²) in [4.78, 5) is 2.78. The van der Waals surface area contributed by atoms with Gasteiger partial charge in [-0.05, 0) is 45.3 Å². The highest BCUT2D eigenvalue weighted by atomic mass is 32.2. The van der Waals surface area contributed by atoms with Crippen molar-refractivity contribution in [2.45, 2.75) is 76.1 Å². The maximum atomic E-state index is 3.88. The highest BCUT2D eigenvalue weighted by Gasteiger charge is 2.34. The average Bonchev–Trinajstić information content (AvgIpc) is 2.48. The number of hydrogen-bond donors (Lipinski definition) is 1. The van der Waals surface area contributed by atoms with Crippen LogP contribution in [0.5, 0.6) is 0 Å². The van der Waals surface area contributed by atoms with Crippen molar-refractivity contribution in [3.05, 3.63) is 0 Å². The summed E-state index contributed by atoms with van der Waals surface area (Å²) in [6.45, 7) is 10.8. The molecule has 2 rings (SSSR count). The minimum Gasteiger partial charge on any atom is -0.311 e. The maximum Gasteiger partial charge on any atom is 0.0228 e. The van der Waals surface area contributed by atoms with E-state index in [-0.39, 0.29) is 0 Å². The number of piperazine rings is 1. The lowest BCUT2D eigenvalue weighted by Gasteiger charge is -2.46. The van der Waals surface area contributed by atoms with Crippen LogP contribution in [-0.2, 0) is 0 Å². The van der Waals surface area contributed by atoms with Gasteiger partial charge in [0, 0.05) is 36.5 Å². The molecule has 0 aromatic carbocycles. The molecule has 0 radical (unpaired) electrons. The molecule has 20 heavy (non-hydrogen) atoms. The second-order valence-corrected chi connectivity index (χ2v) is 8.88. The summed E-state index contributed by atoms with van der Waals surface area (Å²) in [6.07, 6.45) is 10.8. The summed E-state index contributed by atoms with van der Waals surface area (Å²) >= 11 is 2.01. The molecular weight excluding hydrogens is 264 g/mol. The third-order valence-corrected chi connectivity index (χ3v) is 6.62. The molecule has 0 bridgehead atoms. The van der Waals surface area contributed by atoms with Crippen LogP contribution in [0.3, 0.4) is 0 Å². The van der Waals surface area contributed by atoms with Gasteiger partial charge in [0.05, 0.1) is 0 Å². The largest absolute Gasteiger partial charge is 0.311 e. The van der Waals surface area contributed by atoms with Gasteiger partial charge in [-0.3, -0.25) is 4.90 Å². The molecule has 118 valence electrons. The Labute approximate surface area is 130 Å². The lowest BCUT2D eigenvalue weighted by atomic mass is 9.82. The Morgan fingerprint density at radius 1 is 1.20 bits per heavy atom. The first-order chi connectivity index (χ1) is 9.55. The molecule has 0 aromatic heterocycles. The lowest BCUT2D eigenvalue weighted by molar-refractivity contribution is 0.0876. The molecule has 2 fully saturated rings. The van der Waals surface area contributed by atoms with E-state index in [4.69, 9.17) is 0 Å². The van der Waals surface area contributed by atoms with Gasteiger partial charge in [0.2, 0.25) is 0 Å². The van der Waals surface area contributed by atoms with Crippen molar-refractivity contribution in [2.75, 3.05) is 25.9 Å². The average molecular weight is 299 g/mol. The molecule has 2 atom stereocenters. The second kappa shape index (κ2) is 7.51. The first kappa shape index (κ1) is 16.6. The Kier molecular flexibility index (Phi) is 6.25. The van der Waals surface area contributed by atoms with Crippen molar-refractivity contribution in [3.63, 3.8) is 0 Å². The zero-order valence-electron chi connectivity index (χ0n) is 14.0. The van der Waals surface area contributed by atoms with Gasteiger partial charge in [0.25, 0.3) is 0 Å². The summed E-state index contributed by atoms with van der Waals surface area (Å²) in [5.74, 6) is 0.932. The van der Waals surface area contributed by atoms with Gasteiger partial charge in [-0.25, -0.2) is 0 Å². The highest BCUT2D eigenvalue weighted by Crippen LogP contribution is 2.30. The zero-order chi connectivity index (χ0) is 14.6. The summed E-state index contributed by atoms with van der Waals surface area (Å²) in [7, 11) is 0. The fourth-order valence-electron chi connectivity index (χ4n) is 3.88. The quantitative estimate of drug-likeness (QED) is 0.832. The molecule has 1 aliphatic carbocycles. The smallest absolute Gasteiger partial charge is 0.0228 e. The third kappa shape index (κ3) is 4.38. The molecule has 1 heterocycles. The van der Waals surface area contributed by atoms with Crippen LogP contribution in [0.15, 0.2) is 0 Å². The molecule has 1 aliphatic heterocycles. The van der Waals surface area contributed by atoms with Crippen molar-refractivity contribution in [2.24, 2.45) is 5.92 Å². The van der Waals surface area contributed by atoms with E-state index in [9.17, 15) is 0 Å². The van der Waals surface area contributed by atoms with Gasteiger partial charge in [-0.1, -0.05) is 26.2 Å². The molecule has 0 spiro atoms. The molecule has 3 heteroatoms. The second-order valence-electron chi connectivity index (χ2n) is 7.37. The van der Waals surface area contributed by atoms with Crippen LogP contribution in [0, 0.1) is 5.92 Å². The number of rotatable bonds is 5. The minimum atomic E-state index is 0.377. The standard InChI is InChI=1S/C17H34N2S/c1-5-15-11-18-16(14-9-7-6-8-10-14)12-19(15)13-17(2,3)20-4/h14-16,18H,5-13H2,1-4H3. The normalized spacial score (nSPS) is 30.6. The molecule has 1 saturated carbocycles. The van der Waals surface area contributed by atoms with Crippen molar-refractivity contribution >= 4 is 11.8 Å². The molecule has 2 aliphatic rings. The van der Waals surface area contributed by atoms with Crippen LogP contribution in [-0.4, -0.2) is 47.6 Å². The van der Waals surface area contributed by atoms with Crippen molar-refractivity contribution in [3.8, 4) is 0 Å². The van der Waals surface area contributed by atoms with Crippen molar-refractivity contribution in [1.29, 1.82) is 0 Å². The highest BCUT2D eigenvalue weighted by molar-refractivity contribution is 7.99. The first-order valence-corrected chi connectivity index (χ1v) is 9.81. The topological polar surface area (TPSA) is 15.3 Å². The Hall–Kier alpha value is 0.270. The minimum absolute atomic E-state index is 0.377. The monoisotopic (exact) mass is 298 g/mol. The van der Waals surface area contributed by atoms with E-state index in [2.05, 4.69) is 37.2 Å². The SMILES string of the molecule is CCC1CNC(C2CCCCC2)CN1CC(C)(C)SC. The summed E-state index contributed by atoms with van der Waals surface area (Å²) in [5.41, 5.74) is 0. The van der Waals surface area contributed by atoms with E-state index in [1.54, 1.807) is 0 Å². The van der Waals surface area contributed by atoms with Gasteiger partial charge < -0.3 is 5.32 Å². The Morgan fingerprint density at radius 3 is 2.50 bits per heavy atom. The Morgan fingerprint density at radius 2 is 1.90 bits per heavy atom. The molecule has 1 N–H and O–H groups in total. The fraction of sp³-hybridized carbons (Fsp3) is 1.00. The van der Waals surface area contributed by atoms with Gasteiger partial charge in [-0.2, -0.15) is 11.8 Å². The van der Waals surface area contributed by atoms with Crippen molar-refractivity contribution in [1.82, 2.24) is 10.2 Å². The van der Waals surface area contributed by atoms with Gasteiger partial charge >= 0.3 is 0 Å². The van der Waals surface area contributed by atoms with Crippen molar-refractivity contribution < 1.29 is 0 Å².